The second-order valence-corrected chi connectivity index (χ2v) is 3.05. The van der Waals surface area contributed by atoms with Gasteiger partial charge in [-0.25, -0.2) is 5.90 Å². The van der Waals surface area contributed by atoms with Gasteiger partial charge in [0.2, 0.25) is 0 Å². The van der Waals surface area contributed by atoms with Crippen LogP contribution in [-0.4, -0.2) is 20.3 Å². The maximum Gasteiger partial charge on any atom is 0.0736 e. The first-order valence-corrected chi connectivity index (χ1v) is 3.64. The molecule has 0 heterocycles. The van der Waals surface area contributed by atoms with Crippen molar-refractivity contribution >= 4 is 0 Å². The maximum atomic E-state index is 4.99. The zero-order chi connectivity index (χ0) is 7.45. The van der Waals surface area contributed by atoms with Crippen LogP contribution in [0, 0.1) is 5.41 Å². The molecule has 60 valence electrons. The van der Waals surface area contributed by atoms with Crippen molar-refractivity contribution in [3.05, 3.63) is 0 Å². The molecule has 0 radical (unpaired) electrons. The second-order valence-electron chi connectivity index (χ2n) is 3.05. The first-order chi connectivity index (χ1) is 4.83. The molecule has 0 unspecified atom stereocenters. The predicted octanol–water partition coefficient (Wildman–Crippen LogP) is 0.693. The molecule has 3 heteroatoms. The monoisotopic (exact) mass is 145 g/mol. The molecule has 0 aliphatic heterocycles. The molecular formula is C7H15NO2. The highest BCUT2D eigenvalue weighted by Crippen LogP contribution is 2.48. The lowest BCUT2D eigenvalue weighted by Gasteiger charge is -2.11. The molecule has 1 aliphatic rings. The van der Waals surface area contributed by atoms with Crippen molar-refractivity contribution in [2.45, 2.75) is 19.3 Å². The molecule has 0 saturated heterocycles. The zero-order valence-electron chi connectivity index (χ0n) is 6.43. The molecule has 2 N–H and O–H groups in total. The van der Waals surface area contributed by atoms with E-state index in [-0.39, 0.29) is 0 Å². The van der Waals surface area contributed by atoms with Gasteiger partial charge in [-0.2, -0.15) is 0 Å². The van der Waals surface area contributed by atoms with Crippen LogP contribution < -0.4 is 5.90 Å². The van der Waals surface area contributed by atoms with Crippen LogP contribution in [0.4, 0.5) is 0 Å². The Morgan fingerprint density at radius 3 is 2.60 bits per heavy atom. The van der Waals surface area contributed by atoms with E-state index in [4.69, 9.17) is 10.6 Å². The largest absolute Gasteiger partial charge is 0.385 e. The van der Waals surface area contributed by atoms with E-state index in [1.54, 1.807) is 7.11 Å². The van der Waals surface area contributed by atoms with Gasteiger partial charge in [-0.1, -0.05) is 0 Å². The van der Waals surface area contributed by atoms with E-state index in [2.05, 4.69) is 4.84 Å². The molecule has 0 aromatic carbocycles. The average Bonchev–Trinajstić information content (AvgIpc) is 2.67. The Hall–Kier alpha value is -0.120. The van der Waals surface area contributed by atoms with E-state index in [9.17, 15) is 0 Å². The van der Waals surface area contributed by atoms with Gasteiger partial charge in [0.1, 0.15) is 0 Å². The molecule has 0 spiro atoms. The van der Waals surface area contributed by atoms with Crippen molar-refractivity contribution in [1.29, 1.82) is 0 Å². The molecule has 0 aromatic heterocycles. The van der Waals surface area contributed by atoms with E-state index in [0.717, 1.165) is 13.0 Å². The highest BCUT2D eigenvalue weighted by atomic mass is 16.6. The van der Waals surface area contributed by atoms with Gasteiger partial charge in [-0.15, -0.1) is 0 Å². The summed E-state index contributed by atoms with van der Waals surface area (Å²) in [6.07, 6.45) is 3.57. The molecule has 1 aliphatic carbocycles. The molecule has 0 aromatic rings. The van der Waals surface area contributed by atoms with Gasteiger partial charge in [0.15, 0.2) is 0 Å². The highest BCUT2D eigenvalue weighted by Gasteiger charge is 2.42. The average molecular weight is 145 g/mol. The van der Waals surface area contributed by atoms with Crippen LogP contribution in [0.2, 0.25) is 0 Å². The summed E-state index contributed by atoms with van der Waals surface area (Å²) in [5, 5.41) is 0. The number of methoxy groups -OCH3 is 1. The molecule has 0 atom stereocenters. The fourth-order valence-electron chi connectivity index (χ4n) is 1.14. The molecule has 10 heavy (non-hydrogen) atoms. The van der Waals surface area contributed by atoms with Gasteiger partial charge >= 0.3 is 0 Å². The third kappa shape index (κ3) is 1.94. The normalized spacial score (nSPS) is 21.0. The lowest BCUT2D eigenvalue weighted by Crippen LogP contribution is -2.15. The van der Waals surface area contributed by atoms with E-state index in [1.807, 2.05) is 0 Å². The Morgan fingerprint density at radius 2 is 2.20 bits per heavy atom. The third-order valence-electron chi connectivity index (χ3n) is 2.18. The van der Waals surface area contributed by atoms with Gasteiger partial charge in [0.25, 0.3) is 0 Å². The summed E-state index contributed by atoms with van der Waals surface area (Å²) < 4.78 is 4.97. The number of ether oxygens (including phenoxy) is 1. The van der Waals surface area contributed by atoms with Gasteiger partial charge in [0.05, 0.1) is 6.61 Å². The van der Waals surface area contributed by atoms with Crippen LogP contribution in [-0.2, 0) is 9.57 Å². The predicted molar refractivity (Wildman–Crippen MR) is 38.3 cm³/mol. The van der Waals surface area contributed by atoms with E-state index >= 15 is 0 Å². The van der Waals surface area contributed by atoms with Gasteiger partial charge in [0, 0.05) is 13.7 Å². The summed E-state index contributed by atoms with van der Waals surface area (Å²) >= 11 is 0. The minimum absolute atomic E-state index is 0.380. The van der Waals surface area contributed by atoms with Crippen molar-refractivity contribution < 1.29 is 9.57 Å². The fourth-order valence-corrected chi connectivity index (χ4v) is 1.14. The summed E-state index contributed by atoms with van der Waals surface area (Å²) in [4.78, 5) is 4.61. The third-order valence-corrected chi connectivity index (χ3v) is 2.18. The number of rotatable bonds is 5. The standard InChI is InChI=1S/C7H15NO2/c1-9-5-4-7(2-3-7)6-10-8/h2-6,8H2,1H3. The number of hydrogen-bond donors (Lipinski definition) is 1. The van der Waals surface area contributed by atoms with Gasteiger partial charge < -0.3 is 9.57 Å². The summed E-state index contributed by atoms with van der Waals surface area (Å²) in [5.41, 5.74) is 0.380. The molecular weight excluding hydrogens is 130 g/mol. The molecule has 0 bridgehead atoms. The van der Waals surface area contributed by atoms with Crippen molar-refractivity contribution in [3.63, 3.8) is 0 Å². The minimum atomic E-state index is 0.380. The Morgan fingerprint density at radius 1 is 1.50 bits per heavy atom. The van der Waals surface area contributed by atoms with E-state index in [0.29, 0.717) is 12.0 Å². The van der Waals surface area contributed by atoms with Crippen LogP contribution in [0.1, 0.15) is 19.3 Å². The quantitative estimate of drug-likeness (QED) is 0.579. The Balaban J connectivity index is 2.11. The van der Waals surface area contributed by atoms with E-state index in [1.165, 1.54) is 12.8 Å². The summed E-state index contributed by atoms with van der Waals surface area (Å²) in [6.45, 7) is 1.51. The topological polar surface area (TPSA) is 44.5 Å². The number of hydrogen-bond acceptors (Lipinski definition) is 3. The van der Waals surface area contributed by atoms with Crippen molar-refractivity contribution in [2.75, 3.05) is 20.3 Å². The smallest absolute Gasteiger partial charge is 0.0736 e. The lowest BCUT2D eigenvalue weighted by molar-refractivity contribution is 0.0722. The van der Waals surface area contributed by atoms with Crippen LogP contribution >= 0.6 is 0 Å². The van der Waals surface area contributed by atoms with Crippen LogP contribution in [0.15, 0.2) is 0 Å². The summed E-state index contributed by atoms with van der Waals surface area (Å²) in [7, 11) is 1.72. The highest BCUT2D eigenvalue weighted by molar-refractivity contribution is 4.92. The molecule has 3 nitrogen and oxygen atoms in total. The van der Waals surface area contributed by atoms with E-state index < -0.39 is 0 Å². The van der Waals surface area contributed by atoms with Crippen LogP contribution in [0.25, 0.3) is 0 Å². The molecule has 1 fully saturated rings. The molecule has 0 amide bonds. The molecule has 1 rings (SSSR count). The second kappa shape index (κ2) is 3.32. The van der Waals surface area contributed by atoms with Gasteiger partial charge in [-0.3, -0.25) is 0 Å². The first kappa shape index (κ1) is 7.98. The van der Waals surface area contributed by atoms with Crippen molar-refractivity contribution in [3.8, 4) is 0 Å². The fraction of sp³-hybridized carbons (Fsp3) is 1.00. The SMILES string of the molecule is COCCC1(CON)CC1. The Bertz CT molecular complexity index is 102. The minimum Gasteiger partial charge on any atom is -0.385 e. The number of nitrogens with two attached hydrogens (primary N) is 1. The Kier molecular flexibility index (Phi) is 2.65. The van der Waals surface area contributed by atoms with Crippen molar-refractivity contribution in [1.82, 2.24) is 0 Å². The van der Waals surface area contributed by atoms with Crippen molar-refractivity contribution in [2.24, 2.45) is 11.3 Å². The zero-order valence-corrected chi connectivity index (χ0v) is 6.43. The van der Waals surface area contributed by atoms with Crippen LogP contribution in [0.5, 0.6) is 0 Å². The summed E-state index contributed by atoms with van der Waals surface area (Å²) in [5.74, 6) is 4.99. The lowest BCUT2D eigenvalue weighted by atomic mass is 10.1. The Labute approximate surface area is 61.4 Å². The van der Waals surface area contributed by atoms with Crippen LogP contribution in [0.3, 0.4) is 0 Å². The summed E-state index contributed by atoms with van der Waals surface area (Å²) in [6, 6.07) is 0. The van der Waals surface area contributed by atoms with Gasteiger partial charge in [-0.05, 0) is 24.7 Å². The maximum absolute atomic E-state index is 4.99. The first-order valence-electron chi connectivity index (χ1n) is 3.64. The molecule has 1 saturated carbocycles.